The van der Waals surface area contributed by atoms with Crippen molar-refractivity contribution < 1.29 is 80.2 Å². The number of rotatable bonds is 86. The number of aliphatic hydroxyl groups is 1. The highest BCUT2D eigenvalue weighted by atomic mass is 31.2. The Morgan fingerprint density at radius 3 is 0.717 bits per heavy atom. The number of phosphoric acid groups is 2. The van der Waals surface area contributed by atoms with Crippen LogP contribution in [0.15, 0.2) is 0 Å². The molecule has 106 heavy (non-hydrogen) atoms. The summed E-state index contributed by atoms with van der Waals surface area (Å²) in [6.07, 6.45) is 70.7. The minimum absolute atomic E-state index is 0.108. The van der Waals surface area contributed by atoms with Gasteiger partial charge >= 0.3 is 39.5 Å². The Morgan fingerprint density at radius 2 is 0.481 bits per heavy atom. The SMILES string of the molecule is CCCCCCCCCCCCCCCCCCC(=O)OC[C@H](COP(=O)(O)OC[C@@H](O)COP(=O)(O)OC[C@@H](COC(=O)CCCCCCCCCCCC(C)C)OC(=O)CCCCCCCCCCCCCCCCCC)OC(=O)CCCCCCCCCCCCCCCCCCCCC(C)CC. The zero-order valence-corrected chi connectivity index (χ0v) is 71.5. The first-order valence-corrected chi connectivity index (χ1v) is 48.0. The molecule has 0 aliphatic rings. The summed E-state index contributed by atoms with van der Waals surface area (Å²) in [5.41, 5.74) is 0. The number of carbonyl (C=O) groups excluding carboxylic acids is 4. The number of carbonyl (C=O) groups is 4. The van der Waals surface area contributed by atoms with Crippen LogP contribution < -0.4 is 0 Å². The van der Waals surface area contributed by atoms with Crippen LogP contribution in [0.25, 0.3) is 0 Å². The largest absolute Gasteiger partial charge is 0.472 e. The van der Waals surface area contributed by atoms with Gasteiger partial charge in [0.05, 0.1) is 26.4 Å². The molecule has 0 aromatic heterocycles. The number of ether oxygens (including phenoxy) is 4. The Labute approximate surface area is 651 Å². The van der Waals surface area contributed by atoms with Gasteiger partial charge in [0.15, 0.2) is 12.2 Å². The molecule has 0 saturated heterocycles. The Balaban J connectivity index is 5.24. The molecule has 0 heterocycles. The Morgan fingerprint density at radius 1 is 0.274 bits per heavy atom. The predicted octanol–water partition coefficient (Wildman–Crippen LogP) is 26.6. The van der Waals surface area contributed by atoms with Gasteiger partial charge in [-0.25, -0.2) is 9.13 Å². The van der Waals surface area contributed by atoms with Crippen molar-refractivity contribution in [3.8, 4) is 0 Å². The molecule has 0 aromatic rings. The molecule has 0 spiro atoms. The number of esters is 4. The maximum atomic E-state index is 13.2. The van der Waals surface area contributed by atoms with E-state index in [1.807, 2.05) is 0 Å². The molecular weight excluding hydrogens is 1380 g/mol. The van der Waals surface area contributed by atoms with Gasteiger partial charge in [0, 0.05) is 25.7 Å². The summed E-state index contributed by atoms with van der Waals surface area (Å²) in [5.74, 6) is -0.484. The van der Waals surface area contributed by atoms with Gasteiger partial charge < -0.3 is 33.8 Å². The number of hydrogen-bond acceptors (Lipinski definition) is 15. The minimum Gasteiger partial charge on any atom is -0.462 e. The van der Waals surface area contributed by atoms with Gasteiger partial charge in [-0.05, 0) is 37.5 Å². The highest BCUT2D eigenvalue weighted by molar-refractivity contribution is 7.47. The molecule has 0 radical (unpaired) electrons. The second kappa shape index (κ2) is 78.3. The summed E-state index contributed by atoms with van der Waals surface area (Å²) in [4.78, 5) is 73.3. The number of aliphatic hydroxyl groups excluding tert-OH is 1. The molecule has 17 nitrogen and oxygen atoms in total. The summed E-state index contributed by atoms with van der Waals surface area (Å²) in [5, 5.41) is 10.7. The second-order valence-corrected chi connectivity index (χ2v) is 34.9. The van der Waals surface area contributed by atoms with E-state index in [1.165, 1.54) is 283 Å². The average molecular weight is 1550 g/mol. The molecule has 6 atom stereocenters. The monoisotopic (exact) mass is 1550 g/mol. The quantitative estimate of drug-likeness (QED) is 0.0222. The van der Waals surface area contributed by atoms with Gasteiger partial charge in [0.25, 0.3) is 0 Å². The molecule has 0 fully saturated rings. The van der Waals surface area contributed by atoms with Gasteiger partial charge in [-0.2, -0.15) is 0 Å². The van der Waals surface area contributed by atoms with E-state index in [9.17, 15) is 43.2 Å². The van der Waals surface area contributed by atoms with Crippen molar-refractivity contribution >= 4 is 39.5 Å². The molecule has 0 amide bonds. The Bertz CT molecular complexity index is 2030. The normalized spacial score (nSPS) is 14.1. The maximum Gasteiger partial charge on any atom is 0.472 e. The van der Waals surface area contributed by atoms with E-state index in [2.05, 4.69) is 41.5 Å². The van der Waals surface area contributed by atoms with E-state index in [0.29, 0.717) is 25.7 Å². The van der Waals surface area contributed by atoms with Gasteiger partial charge in [-0.15, -0.1) is 0 Å². The zero-order valence-electron chi connectivity index (χ0n) is 69.7. The maximum absolute atomic E-state index is 13.2. The first-order chi connectivity index (χ1) is 51.4. The topological polar surface area (TPSA) is 237 Å². The molecular formula is C87H170O17P2. The van der Waals surface area contributed by atoms with E-state index in [4.69, 9.17) is 37.0 Å². The van der Waals surface area contributed by atoms with Crippen LogP contribution in [0.5, 0.6) is 0 Å². The van der Waals surface area contributed by atoms with Crippen molar-refractivity contribution in [3.63, 3.8) is 0 Å². The van der Waals surface area contributed by atoms with Crippen LogP contribution in [0.2, 0.25) is 0 Å². The molecule has 3 unspecified atom stereocenters. The molecule has 0 rings (SSSR count). The Hall–Kier alpha value is -1.94. The lowest BCUT2D eigenvalue weighted by Crippen LogP contribution is -2.30. The van der Waals surface area contributed by atoms with E-state index in [0.717, 1.165) is 102 Å². The van der Waals surface area contributed by atoms with Crippen molar-refractivity contribution in [2.24, 2.45) is 11.8 Å². The molecule has 0 bridgehead atoms. The lowest BCUT2D eigenvalue weighted by molar-refractivity contribution is -0.161. The molecule has 3 N–H and O–H groups in total. The van der Waals surface area contributed by atoms with Crippen LogP contribution in [0.1, 0.15) is 465 Å². The van der Waals surface area contributed by atoms with E-state index < -0.39 is 97.5 Å². The van der Waals surface area contributed by atoms with E-state index in [-0.39, 0.29) is 25.7 Å². The van der Waals surface area contributed by atoms with Crippen molar-refractivity contribution in [1.29, 1.82) is 0 Å². The van der Waals surface area contributed by atoms with Crippen LogP contribution in [0.3, 0.4) is 0 Å². The zero-order chi connectivity index (χ0) is 77.8. The van der Waals surface area contributed by atoms with Gasteiger partial charge in [0.1, 0.15) is 19.3 Å². The number of hydrogen-bond donors (Lipinski definition) is 3. The minimum atomic E-state index is -4.97. The third-order valence-electron chi connectivity index (χ3n) is 20.8. The standard InChI is InChI=1S/C87H170O17P2/c1-7-10-12-14-16-18-20-22-24-31-35-39-45-51-57-63-69-84(89)97-75-82(103-86(91)72-66-60-54-47-41-37-33-29-27-26-28-30-34-38-44-50-56-62-68-80(6)9-3)77-101-105(93,94)99-73-81(88)74-100-106(95,96)102-78-83(76-98-85(90)70-64-58-52-48-42-43-49-55-61-67-79(4)5)104-87(92)71-65-59-53-46-40-36-32-25-23-21-19-17-15-13-11-8-2/h79-83,88H,7-78H2,1-6H3,(H,93,94)(H,95,96)/t80?,81-,82-,83-/m1/s1. The van der Waals surface area contributed by atoms with E-state index >= 15 is 0 Å². The van der Waals surface area contributed by atoms with Crippen LogP contribution >= 0.6 is 15.6 Å². The van der Waals surface area contributed by atoms with Crippen LogP contribution in [0, 0.1) is 11.8 Å². The predicted molar refractivity (Wildman–Crippen MR) is 437 cm³/mol. The van der Waals surface area contributed by atoms with Crippen molar-refractivity contribution in [3.05, 3.63) is 0 Å². The lowest BCUT2D eigenvalue weighted by atomic mass is 9.99. The second-order valence-electron chi connectivity index (χ2n) is 32.0. The van der Waals surface area contributed by atoms with Crippen molar-refractivity contribution in [2.45, 2.75) is 484 Å². The summed E-state index contributed by atoms with van der Waals surface area (Å²) in [6, 6.07) is 0. The fourth-order valence-corrected chi connectivity index (χ4v) is 15.1. The smallest absolute Gasteiger partial charge is 0.462 e. The molecule has 630 valence electrons. The molecule has 19 heteroatoms. The summed E-state index contributed by atoms with van der Waals surface area (Å²) in [6.45, 7) is 9.73. The van der Waals surface area contributed by atoms with Crippen LogP contribution in [-0.2, 0) is 65.4 Å². The molecule has 0 aliphatic carbocycles. The Kier molecular flexibility index (Phi) is 76.9. The molecule has 0 saturated carbocycles. The fraction of sp³-hybridized carbons (Fsp3) is 0.954. The van der Waals surface area contributed by atoms with Gasteiger partial charge in [-0.1, -0.05) is 414 Å². The average Bonchev–Trinajstić information content (AvgIpc) is 0.901. The molecule has 0 aromatic carbocycles. The van der Waals surface area contributed by atoms with Crippen molar-refractivity contribution in [2.75, 3.05) is 39.6 Å². The summed E-state index contributed by atoms with van der Waals surface area (Å²) in [7, 11) is -9.93. The summed E-state index contributed by atoms with van der Waals surface area (Å²) >= 11 is 0. The van der Waals surface area contributed by atoms with Crippen LogP contribution in [-0.4, -0.2) is 96.7 Å². The number of phosphoric ester groups is 2. The van der Waals surface area contributed by atoms with Crippen molar-refractivity contribution in [1.82, 2.24) is 0 Å². The lowest BCUT2D eigenvalue weighted by Gasteiger charge is -2.21. The summed E-state index contributed by atoms with van der Waals surface area (Å²) < 4.78 is 68.9. The third-order valence-corrected chi connectivity index (χ3v) is 22.7. The molecule has 0 aliphatic heterocycles. The van der Waals surface area contributed by atoms with Crippen LogP contribution in [0.4, 0.5) is 0 Å². The first kappa shape index (κ1) is 104. The third kappa shape index (κ3) is 78.7. The highest BCUT2D eigenvalue weighted by Crippen LogP contribution is 2.45. The fourth-order valence-electron chi connectivity index (χ4n) is 13.6. The van der Waals surface area contributed by atoms with E-state index in [1.54, 1.807) is 0 Å². The van der Waals surface area contributed by atoms with Gasteiger partial charge in [0.2, 0.25) is 0 Å². The first-order valence-electron chi connectivity index (χ1n) is 45.0. The highest BCUT2D eigenvalue weighted by Gasteiger charge is 2.30. The van der Waals surface area contributed by atoms with Gasteiger partial charge in [-0.3, -0.25) is 37.3 Å². The number of unbranched alkanes of at least 4 members (excludes halogenated alkanes) is 55.